The molecule has 0 N–H and O–H groups in total. The second-order valence-electron chi connectivity index (χ2n) is 6.11. The van der Waals surface area contributed by atoms with Gasteiger partial charge in [0.15, 0.2) is 0 Å². The molecule has 1 aliphatic heterocycles. The summed E-state index contributed by atoms with van der Waals surface area (Å²) in [7, 11) is 0. The maximum atomic E-state index is 11.7. The normalized spacial score (nSPS) is 23.1. The highest BCUT2D eigenvalue weighted by atomic mass is 16.5. The first-order valence-electron chi connectivity index (χ1n) is 7.87. The van der Waals surface area contributed by atoms with E-state index in [-0.39, 0.29) is 17.4 Å². The second-order valence-corrected chi connectivity index (χ2v) is 6.11. The molecule has 0 unspecified atom stereocenters. The molecule has 0 spiro atoms. The molecule has 0 amide bonds. The fourth-order valence-corrected chi connectivity index (χ4v) is 2.15. The van der Waals surface area contributed by atoms with Gasteiger partial charge < -0.3 is 9.47 Å². The largest absolute Gasteiger partial charge is 0.465 e. The van der Waals surface area contributed by atoms with Crippen molar-refractivity contribution in [3.8, 4) is 0 Å². The molecule has 0 bridgehead atoms. The van der Waals surface area contributed by atoms with Crippen molar-refractivity contribution >= 4 is 11.9 Å². The van der Waals surface area contributed by atoms with Crippen molar-refractivity contribution in [3.05, 3.63) is 0 Å². The summed E-state index contributed by atoms with van der Waals surface area (Å²) in [5.74, 6) is -0.267. The van der Waals surface area contributed by atoms with E-state index in [2.05, 4.69) is 0 Å². The van der Waals surface area contributed by atoms with Gasteiger partial charge in [-0.25, -0.2) is 0 Å². The van der Waals surface area contributed by atoms with Gasteiger partial charge in [0.1, 0.15) is 0 Å². The number of cyclic esters (lactones) is 2. The summed E-state index contributed by atoms with van der Waals surface area (Å²) < 4.78 is 10.7. The minimum absolute atomic E-state index is 0.133. The van der Waals surface area contributed by atoms with Gasteiger partial charge >= 0.3 is 11.9 Å². The zero-order chi connectivity index (χ0) is 14.8. The number of hydrogen-bond acceptors (Lipinski definition) is 4. The topological polar surface area (TPSA) is 52.6 Å². The van der Waals surface area contributed by atoms with Crippen LogP contribution in [-0.2, 0) is 19.1 Å². The van der Waals surface area contributed by atoms with Crippen molar-refractivity contribution in [1.82, 2.24) is 0 Å². The maximum Gasteiger partial charge on any atom is 0.305 e. The van der Waals surface area contributed by atoms with E-state index in [0.29, 0.717) is 26.1 Å². The number of rotatable bonds is 1. The van der Waals surface area contributed by atoms with Crippen molar-refractivity contribution in [3.63, 3.8) is 0 Å². The Morgan fingerprint density at radius 2 is 1.25 bits per heavy atom. The summed E-state index contributed by atoms with van der Waals surface area (Å²) in [6.07, 6.45) is 7.97. The van der Waals surface area contributed by atoms with Gasteiger partial charge in [0.05, 0.1) is 13.2 Å². The average molecular weight is 284 g/mol. The first-order chi connectivity index (χ1) is 9.56. The quantitative estimate of drug-likeness (QED) is 0.690. The van der Waals surface area contributed by atoms with Crippen LogP contribution < -0.4 is 0 Å². The Morgan fingerprint density at radius 1 is 0.850 bits per heavy atom. The van der Waals surface area contributed by atoms with E-state index in [1.165, 1.54) is 0 Å². The zero-order valence-electron chi connectivity index (χ0n) is 12.9. The molecule has 0 saturated carbocycles. The fraction of sp³-hybridized carbons (Fsp3) is 0.875. The highest BCUT2D eigenvalue weighted by Crippen LogP contribution is 2.23. The number of esters is 2. The standard InChI is InChI=1S/C16H28O4/c1-3-16(2)12-19-14(17)10-8-6-4-5-7-9-11-15(18)20-13-16/h3-13H2,1-2H3. The van der Waals surface area contributed by atoms with Crippen LogP contribution in [0.3, 0.4) is 0 Å². The molecule has 4 nitrogen and oxygen atoms in total. The van der Waals surface area contributed by atoms with E-state index < -0.39 is 0 Å². The van der Waals surface area contributed by atoms with Crippen molar-refractivity contribution < 1.29 is 19.1 Å². The number of ether oxygens (including phenoxy) is 2. The van der Waals surface area contributed by atoms with E-state index >= 15 is 0 Å². The monoisotopic (exact) mass is 284 g/mol. The minimum atomic E-state index is -0.272. The van der Waals surface area contributed by atoms with Crippen LogP contribution >= 0.6 is 0 Å². The Hall–Kier alpha value is -1.06. The molecule has 1 rings (SSSR count). The minimum Gasteiger partial charge on any atom is -0.465 e. The SMILES string of the molecule is CCC1(C)COC(=O)CCCCCCCCC(=O)OC1. The highest BCUT2D eigenvalue weighted by molar-refractivity contribution is 5.69. The van der Waals surface area contributed by atoms with E-state index in [1.807, 2.05) is 13.8 Å². The van der Waals surface area contributed by atoms with Crippen LogP contribution in [0.15, 0.2) is 0 Å². The molecule has 0 aromatic carbocycles. The zero-order valence-corrected chi connectivity index (χ0v) is 12.9. The smallest absolute Gasteiger partial charge is 0.305 e. The van der Waals surface area contributed by atoms with Crippen molar-refractivity contribution in [2.24, 2.45) is 5.41 Å². The van der Waals surface area contributed by atoms with E-state index in [0.717, 1.165) is 44.9 Å². The van der Waals surface area contributed by atoms with Crippen LogP contribution in [0.1, 0.15) is 71.6 Å². The lowest BCUT2D eigenvalue weighted by Crippen LogP contribution is -2.31. The van der Waals surface area contributed by atoms with Crippen LogP contribution in [0.4, 0.5) is 0 Å². The highest BCUT2D eigenvalue weighted by Gasteiger charge is 2.26. The molecule has 0 aromatic heterocycles. The number of carbonyl (C=O) groups excluding carboxylic acids is 2. The third kappa shape index (κ3) is 6.92. The van der Waals surface area contributed by atoms with E-state index in [9.17, 15) is 9.59 Å². The van der Waals surface area contributed by atoms with Crippen LogP contribution in [0, 0.1) is 5.41 Å². The van der Waals surface area contributed by atoms with Gasteiger partial charge in [0.25, 0.3) is 0 Å². The lowest BCUT2D eigenvalue weighted by Gasteiger charge is -2.27. The Bertz CT molecular complexity index is 286. The molecule has 1 aliphatic rings. The molecule has 0 aromatic rings. The Labute approximate surface area is 122 Å². The summed E-state index contributed by atoms with van der Waals surface area (Å²) in [4.78, 5) is 23.3. The van der Waals surface area contributed by atoms with E-state index in [1.54, 1.807) is 0 Å². The maximum absolute atomic E-state index is 11.7. The summed E-state index contributed by atoms with van der Waals surface area (Å²) in [6, 6.07) is 0. The Balaban J connectivity index is 2.53. The molecule has 1 fully saturated rings. The first-order valence-corrected chi connectivity index (χ1v) is 7.87. The lowest BCUT2D eigenvalue weighted by atomic mass is 9.90. The Kier molecular flexibility index (Phi) is 7.63. The molecule has 1 saturated heterocycles. The molecule has 0 atom stereocenters. The van der Waals surface area contributed by atoms with Gasteiger partial charge in [-0.3, -0.25) is 9.59 Å². The van der Waals surface area contributed by atoms with Gasteiger partial charge in [-0.2, -0.15) is 0 Å². The van der Waals surface area contributed by atoms with Gasteiger partial charge in [-0.05, 0) is 19.3 Å². The van der Waals surface area contributed by atoms with Crippen LogP contribution in [0.25, 0.3) is 0 Å². The summed E-state index contributed by atoms with van der Waals surface area (Å²) >= 11 is 0. The summed E-state index contributed by atoms with van der Waals surface area (Å²) in [6.45, 7) is 4.67. The molecule has 0 radical (unpaired) electrons. The molecule has 0 aliphatic carbocycles. The lowest BCUT2D eigenvalue weighted by molar-refractivity contribution is -0.153. The fourth-order valence-electron chi connectivity index (χ4n) is 2.15. The van der Waals surface area contributed by atoms with Gasteiger partial charge in [-0.15, -0.1) is 0 Å². The molecule has 20 heavy (non-hydrogen) atoms. The van der Waals surface area contributed by atoms with Crippen LogP contribution in [0.2, 0.25) is 0 Å². The predicted molar refractivity (Wildman–Crippen MR) is 77.3 cm³/mol. The third-order valence-corrected chi connectivity index (χ3v) is 4.03. The van der Waals surface area contributed by atoms with Gasteiger partial charge in [0, 0.05) is 18.3 Å². The summed E-state index contributed by atoms with van der Waals surface area (Å²) in [5.41, 5.74) is -0.272. The van der Waals surface area contributed by atoms with E-state index in [4.69, 9.17) is 9.47 Å². The second kappa shape index (κ2) is 8.98. The molecular weight excluding hydrogens is 256 g/mol. The van der Waals surface area contributed by atoms with Crippen molar-refractivity contribution in [1.29, 1.82) is 0 Å². The molecular formula is C16H28O4. The average Bonchev–Trinajstić information content (AvgIpc) is 2.45. The van der Waals surface area contributed by atoms with Crippen molar-refractivity contribution in [2.45, 2.75) is 71.6 Å². The summed E-state index contributed by atoms with van der Waals surface area (Å²) in [5, 5.41) is 0. The number of carbonyl (C=O) groups is 2. The third-order valence-electron chi connectivity index (χ3n) is 4.03. The van der Waals surface area contributed by atoms with Gasteiger partial charge in [0.2, 0.25) is 0 Å². The van der Waals surface area contributed by atoms with Crippen LogP contribution in [0.5, 0.6) is 0 Å². The number of hydrogen-bond donors (Lipinski definition) is 0. The Morgan fingerprint density at radius 3 is 1.65 bits per heavy atom. The molecule has 1 heterocycles. The predicted octanol–water partition coefficient (Wildman–Crippen LogP) is 3.62. The molecule has 116 valence electrons. The van der Waals surface area contributed by atoms with Crippen molar-refractivity contribution in [2.75, 3.05) is 13.2 Å². The van der Waals surface area contributed by atoms with Crippen LogP contribution in [-0.4, -0.2) is 25.2 Å². The molecule has 4 heteroatoms. The van der Waals surface area contributed by atoms with Gasteiger partial charge in [-0.1, -0.05) is 39.5 Å². The first kappa shape index (κ1) is 17.0.